The zero-order valence-electron chi connectivity index (χ0n) is 10.8. The van der Waals surface area contributed by atoms with Crippen LogP contribution < -0.4 is 10.6 Å². The van der Waals surface area contributed by atoms with Gasteiger partial charge in [-0.2, -0.15) is 0 Å². The summed E-state index contributed by atoms with van der Waals surface area (Å²) in [5.41, 5.74) is 0. The molecule has 0 heterocycles. The fourth-order valence-electron chi connectivity index (χ4n) is 1.35. The van der Waals surface area contributed by atoms with E-state index in [0.717, 1.165) is 38.8 Å². The Balaban J connectivity index is 3.47. The molecule has 3 N–H and O–H groups in total. The zero-order chi connectivity index (χ0) is 12.4. The molecule has 1 amide bonds. The van der Waals surface area contributed by atoms with Crippen molar-refractivity contribution in [1.82, 2.24) is 10.6 Å². The summed E-state index contributed by atoms with van der Waals surface area (Å²) in [6.07, 6.45) is 3.54. The van der Waals surface area contributed by atoms with E-state index in [1.807, 2.05) is 6.92 Å². The fraction of sp³-hybridized carbons (Fsp3) is 0.917. The van der Waals surface area contributed by atoms with Gasteiger partial charge in [-0.05, 0) is 39.7 Å². The average molecular weight is 230 g/mol. The summed E-state index contributed by atoms with van der Waals surface area (Å²) in [5.74, 6) is 0.0606. The van der Waals surface area contributed by atoms with Gasteiger partial charge in [-0.15, -0.1) is 0 Å². The van der Waals surface area contributed by atoms with Crippen molar-refractivity contribution in [1.29, 1.82) is 0 Å². The van der Waals surface area contributed by atoms with Gasteiger partial charge in [0.2, 0.25) is 5.91 Å². The molecule has 0 aliphatic carbocycles. The monoisotopic (exact) mass is 230 g/mol. The summed E-state index contributed by atoms with van der Waals surface area (Å²) in [4.78, 5) is 11.5. The lowest BCUT2D eigenvalue weighted by Crippen LogP contribution is -2.42. The molecule has 0 aromatic rings. The zero-order valence-corrected chi connectivity index (χ0v) is 10.8. The van der Waals surface area contributed by atoms with Gasteiger partial charge in [-0.1, -0.05) is 13.3 Å². The number of unbranched alkanes of at least 4 members (excludes halogenated alkanes) is 1. The molecule has 0 rings (SSSR count). The Hall–Kier alpha value is -0.610. The number of carbonyl (C=O) groups is 1. The van der Waals surface area contributed by atoms with Crippen LogP contribution in [0.15, 0.2) is 0 Å². The minimum absolute atomic E-state index is 0.0606. The Kier molecular flexibility index (Phi) is 9.24. The molecule has 0 spiro atoms. The van der Waals surface area contributed by atoms with Crippen LogP contribution in [0, 0.1) is 0 Å². The highest BCUT2D eigenvalue weighted by Gasteiger charge is 2.10. The van der Waals surface area contributed by atoms with E-state index in [0.29, 0.717) is 0 Å². The predicted molar refractivity (Wildman–Crippen MR) is 66.3 cm³/mol. The van der Waals surface area contributed by atoms with Crippen LogP contribution in [0.3, 0.4) is 0 Å². The smallest absolute Gasteiger partial charge is 0.236 e. The number of aliphatic hydroxyl groups is 1. The maximum atomic E-state index is 11.5. The molecular formula is C12H26N2O2. The Labute approximate surface area is 98.8 Å². The first kappa shape index (κ1) is 15.4. The summed E-state index contributed by atoms with van der Waals surface area (Å²) in [6, 6.07) is -0.147. The number of carbonyl (C=O) groups excluding carboxylic acids is 1. The summed E-state index contributed by atoms with van der Waals surface area (Å²) < 4.78 is 0. The molecular weight excluding hydrogens is 204 g/mol. The van der Waals surface area contributed by atoms with Gasteiger partial charge in [0, 0.05) is 6.54 Å². The molecule has 0 bridgehead atoms. The van der Waals surface area contributed by atoms with Gasteiger partial charge in [-0.25, -0.2) is 0 Å². The van der Waals surface area contributed by atoms with E-state index in [1.165, 1.54) is 0 Å². The molecule has 0 aromatic heterocycles. The third-order valence-corrected chi connectivity index (χ3v) is 2.47. The predicted octanol–water partition coefficient (Wildman–Crippen LogP) is 1.04. The molecule has 0 aliphatic rings. The van der Waals surface area contributed by atoms with E-state index < -0.39 is 0 Å². The maximum absolute atomic E-state index is 11.5. The normalized spacial score (nSPS) is 14.5. The number of aliphatic hydroxyl groups excluding tert-OH is 1. The molecule has 0 radical (unpaired) electrons. The SMILES string of the molecule is CCCCNC(=O)C(C)NCCCC(C)O. The van der Waals surface area contributed by atoms with Crippen LogP contribution in [-0.2, 0) is 4.79 Å². The molecule has 0 saturated carbocycles. The fourth-order valence-corrected chi connectivity index (χ4v) is 1.35. The first-order valence-corrected chi connectivity index (χ1v) is 6.27. The molecule has 2 unspecified atom stereocenters. The van der Waals surface area contributed by atoms with Gasteiger partial charge in [0.1, 0.15) is 0 Å². The van der Waals surface area contributed by atoms with Crippen molar-refractivity contribution in [3.05, 3.63) is 0 Å². The highest BCUT2D eigenvalue weighted by molar-refractivity contribution is 5.81. The Morgan fingerprint density at radius 3 is 2.50 bits per heavy atom. The molecule has 4 nitrogen and oxygen atoms in total. The van der Waals surface area contributed by atoms with Gasteiger partial charge in [0.15, 0.2) is 0 Å². The number of rotatable bonds is 9. The van der Waals surface area contributed by atoms with E-state index in [9.17, 15) is 4.79 Å². The molecule has 0 saturated heterocycles. The van der Waals surface area contributed by atoms with Crippen molar-refractivity contribution < 1.29 is 9.90 Å². The third kappa shape index (κ3) is 8.68. The topological polar surface area (TPSA) is 61.4 Å². The molecule has 96 valence electrons. The number of hydrogen-bond donors (Lipinski definition) is 3. The number of amides is 1. The Bertz CT molecular complexity index is 184. The van der Waals surface area contributed by atoms with Gasteiger partial charge >= 0.3 is 0 Å². The van der Waals surface area contributed by atoms with Crippen molar-refractivity contribution in [3.63, 3.8) is 0 Å². The first-order chi connectivity index (χ1) is 7.57. The van der Waals surface area contributed by atoms with Crippen molar-refractivity contribution >= 4 is 5.91 Å². The van der Waals surface area contributed by atoms with E-state index in [4.69, 9.17) is 5.11 Å². The molecule has 4 heteroatoms. The maximum Gasteiger partial charge on any atom is 0.236 e. The van der Waals surface area contributed by atoms with Gasteiger partial charge in [-0.3, -0.25) is 4.79 Å². The van der Waals surface area contributed by atoms with Gasteiger partial charge in [0.25, 0.3) is 0 Å². The van der Waals surface area contributed by atoms with Crippen LogP contribution in [0.1, 0.15) is 46.5 Å². The summed E-state index contributed by atoms with van der Waals surface area (Å²) in [6.45, 7) is 7.27. The van der Waals surface area contributed by atoms with Gasteiger partial charge < -0.3 is 15.7 Å². The van der Waals surface area contributed by atoms with Crippen LogP contribution in [0.25, 0.3) is 0 Å². The Morgan fingerprint density at radius 1 is 1.25 bits per heavy atom. The summed E-state index contributed by atoms with van der Waals surface area (Å²) >= 11 is 0. The average Bonchev–Trinajstić information content (AvgIpc) is 2.24. The molecule has 0 aromatic carbocycles. The quantitative estimate of drug-likeness (QED) is 0.519. The second-order valence-corrected chi connectivity index (χ2v) is 4.31. The lowest BCUT2D eigenvalue weighted by Gasteiger charge is -2.14. The number of nitrogens with one attached hydrogen (secondary N) is 2. The van der Waals surface area contributed by atoms with Crippen molar-refractivity contribution in [3.8, 4) is 0 Å². The van der Waals surface area contributed by atoms with E-state index in [-0.39, 0.29) is 18.1 Å². The van der Waals surface area contributed by atoms with Crippen LogP contribution in [0.4, 0.5) is 0 Å². The second-order valence-electron chi connectivity index (χ2n) is 4.31. The highest BCUT2D eigenvalue weighted by Crippen LogP contribution is 1.94. The Morgan fingerprint density at radius 2 is 1.94 bits per heavy atom. The van der Waals surface area contributed by atoms with E-state index >= 15 is 0 Å². The molecule has 16 heavy (non-hydrogen) atoms. The summed E-state index contributed by atoms with van der Waals surface area (Å²) in [5, 5.41) is 15.1. The van der Waals surface area contributed by atoms with Crippen LogP contribution in [0.5, 0.6) is 0 Å². The lowest BCUT2D eigenvalue weighted by molar-refractivity contribution is -0.122. The van der Waals surface area contributed by atoms with E-state index in [1.54, 1.807) is 6.92 Å². The minimum atomic E-state index is -0.254. The second kappa shape index (κ2) is 9.60. The molecule has 0 fully saturated rings. The minimum Gasteiger partial charge on any atom is -0.393 e. The third-order valence-electron chi connectivity index (χ3n) is 2.47. The summed E-state index contributed by atoms with van der Waals surface area (Å²) in [7, 11) is 0. The van der Waals surface area contributed by atoms with Crippen LogP contribution >= 0.6 is 0 Å². The molecule has 0 aliphatic heterocycles. The van der Waals surface area contributed by atoms with Crippen LogP contribution in [0.2, 0.25) is 0 Å². The lowest BCUT2D eigenvalue weighted by atomic mass is 10.2. The highest BCUT2D eigenvalue weighted by atomic mass is 16.3. The number of hydrogen-bond acceptors (Lipinski definition) is 3. The van der Waals surface area contributed by atoms with Crippen molar-refractivity contribution in [2.75, 3.05) is 13.1 Å². The standard InChI is InChI=1S/C12H26N2O2/c1-4-5-8-14-12(16)11(3)13-9-6-7-10(2)15/h10-11,13,15H,4-9H2,1-3H3,(H,14,16). The van der Waals surface area contributed by atoms with Gasteiger partial charge in [0.05, 0.1) is 12.1 Å². The van der Waals surface area contributed by atoms with Crippen molar-refractivity contribution in [2.24, 2.45) is 0 Å². The van der Waals surface area contributed by atoms with Crippen LogP contribution in [-0.4, -0.2) is 36.2 Å². The first-order valence-electron chi connectivity index (χ1n) is 6.27. The molecule has 2 atom stereocenters. The van der Waals surface area contributed by atoms with E-state index in [2.05, 4.69) is 17.6 Å². The largest absolute Gasteiger partial charge is 0.393 e. The van der Waals surface area contributed by atoms with Crippen molar-refractivity contribution in [2.45, 2.75) is 58.6 Å².